The van der Waals surface area contributed by atoms with Crippen LogP contribution in [0.25, 0.3) is 10.9 Å². The molecule has 0 atom stereocenters. The van der Waals surface area contributed by atoms with Crippen molar-refractivity contribution in [1.82, 2.24) is 14.8 Å². The predicted octanol–water partition coefficient (Wildman–Crippen LogP) is 2.31. The SMILES string of the molecule is Cc1csc(Cn2nc(CN)c3ccccc32)n1. The number of aryl methyl sites for hydroxylation is 1. The molecule has 0 saturated carbocycles. The third kappa shape index (κ3) is 1.91. The lowest BCUT2D eigenvalue weighted by atomic mass is 10.2. The largest absolute Gasteiger partial charge is 0.325 e. The summed E-state index contributed by atoms with van der Waals surface area (Å²) in [5, 5.41) is 8.84. The molecular formula is C13H14N4S. The number of benzene rings is 1. The van der Waals surface area contributed by atoms with Crippen LogP contribution < -0.4 is 5.73 Å². The molecular weight excluding hydrogens is 244 g/mol. The molecule has 92 valence electrons. The molecule has 4 nitrogen and oxygen atoms in total. The van der Waals surface area contributed by atoms with E-state index in [1.54, 1.807) is 11.3 Å². The quantitative estimate of drug-likeness (QED) is 0.784. The number of fused-ring (bicyclic) bond motifs is 1. The van der Waals surface area contributed by atoms with E-state index in [9.17, 15) is 0 Å². The van der Waals surface area contributed by atoms with Gasteiger partial charge in [0.15, 0.2) is 0 Å². The van der Waals surface area contributed by atoms with Crippen LogP contribution >= 0.6 is 11.3 Å². The molecule has 0 aliphatic heterocycles. The molecule has 0 radical (unpaired) electrons. The topological polar surface area (TPSA) is 56.7 Å². The van der Waals surface area contributed by atoms with Crippen molar-refractivity contribution in [3.05, 3.63) is 46.0 Å². The van der Waals surface area contributed by atoms with Gasteiger partial charge in [-0.3, -0.25) is 4.68 Å². The van der Waals surface area contributed by atoms with Crippen LogP contribution in [-0.4, -0.2) is 14.8 Å². The van der Waals surface area contributed by atoms with Gasteiger partial charge in [0, 0.05) is 23.0 Å². The average molecular weight is 258 g/mol. The first kappa shape index (κ1) is 11.4. The van der Waals surface area contributed by atoms with Crippen molar-refractivity contribution in [3.63, 3.8) is 0 Å². The first-order chi connectivity index (χ1) is 8.78. The van der Waals surface area contributed by atoms with Gasteiger partial charge in [-0.15, -0.1) is 11.3 Å². The second-order valence-corrected chi connectivity index (χ2v) is 5.15. The third-order valence-electron chi connectivity index (χ3n) is 2.88. The molecule has 2 N–H and O–H groups in total. The summed E-state index contributed by atoms with van der Waals surface area (Å²) in [7, 11) is 0. The van der Waals surface area contributed by atoms with Crippen LogP contribution in [0, 0.1) is 6.92 Å². The lowest BCUT2D eigenvalue weighted by Crippen LogP contribution is -2.03. The van der Waals surface area contributed by atoms with Crippen molar-refractivity contribution in [2.24, 2.45) is 5.73 Å². The lowest BCUT2D eigenvalue weighted by molar-refractivity contribution is 0.689. The average Bonchev–Trinajstić information content (AvgIpc) is 2.95. The van der Waals surface area contributed by atoms with E-state index in [0.29, 0.717) is 13.1 Å². The summed E-state index contributed by atoms with van der Waals surface area (Å²) in [6.45, 7) is 3.18. The van der Waals surface area contributed by atoms with E-state index in [4.69, 9.17) is 5.73 Å². The highest BCUT2D eigenvalue weighted by Crippen LogP contribution is 2.20. The highest BCUT2D eigenvalue weighted by atomic mass is 32.1. The normalized spacial score (nSPS) is 11.2. The molecule has 3 aromatic rings. The molecule has 0 fully saturated rings. The first-order valence-corrected chi connectivity index (χ1v) is 6.71. The standard InChI is InChI=1S/C13H14N4S/c1-9-8-18-13(15-9)7-17-12-5-3-2-4-10(12)11(6-14)16-17/h2-5,8H,6-7,14H2,1H3. The second-order valence-electron chi connectivity index (χ2n) is 4.21. The monoisotopic (exact) mass is 258 g/mol. The van der Waals surface area contributed by atoms with Gasteiger partial charge in [0.05, 0.1) is 17.8 Å². The van der Waals surface area contributed by atoms with Gasteiger partial charge in [-0.05, 0) is 13.0 Å². The molecule has 0 bridgehead atoms. The van der Waals surface area contributed by atoms with E-state index in [2.05, 4.69) is 27.6 Å². The van der Waals surface area contributed by atoms with Crippen LogP contribution in [-0.2, 0) is 13.1 Å². The molecule has 0 aliphatic rings. The lowest BCUT2D eigenvalue weighted by Gasteiger charge is -1.99. The summed E-state index contributed by atoms with van der Waals surface area (Å²) in [6, 6.07) is 8.17. The maximum atomic E-state index is 5.74. The maximum Gasteiger partial charge on any atom is 0.114 e. The van der Waals surface area contributed by atoms with Crippen LogP contribution in [0.4, 0.5) is 0 Å². The number of aromatic nitrogens is 3. The summed E-state index contributed by atoms with van der Waals surface area (Å²) in [5.74, 6) is 0. The van der Waals surface area contributed by atoms with E-state index in [-0.39, 0.29) is 0 Å². The number of hydrogen-bond donors (Lipinski definition) is 1. The van der Waals surface area contributed by atoms with Gasteiger partial charge in [-0.1, -0.05) is 18.2 Å². The smallest absolute Gasteiger partial charge is 0.114 e. The Bertz CT molecular complexity index is 683. The summed E-state index contributed by atoms with van der Waals surface area (Å²) in [5.41, 5.74) is 8.86. The summed E-state index contributed by atoms with van der Waals surface area (Å²) >= 11 is 1.67. The Balaban J connectivity index is 2.06. The van der Waals surface area contributed by atoms with Crippen molar-refractivity contribution in [1.29, 1.82) is 0 Å². The maximum absolute atomic E-state index is 5.74. The van der Waals surface area contributed by atoms with E-state index < -0.39 is 0 Å². The Labute approximate surface area is 109 Å². The minimum atomic E-state index is 0.463. The number of hydrogen-bond acceptors (Lipinski definition) is 4. The molecule has 2 aromatic heterocycles. The number of para-hydroxylation sites is 1. The van der Waals surface area contributed by atoms with Crippen molar-refractivity contribution in [2.75, 3.05) is 0 Å². The van der Waals surface area contributed by atoms with Gasteiger partial charge in [0.25, 0.3) is 0 Å². The molecule has 0 spiro atoms. The second kappa shape index (κ2) is 4.51. The van der Waals surface area contributed by atoms with Crippen molar-refractivity contribution in [2.45, 2.75) is 20.0 Å². The zero-order valence-corrected chi connectivity index (χ0v) is 10.9. The highest BCUT2D eigenvalue weighted by molar-refractivity contribution is 7.09. The van der Waals surface area contributed by atoms with Crippen molar-refractivity contribution in [3.8, 4) is 0 Å². The van der Waals surface area contributed by atoms with Crippen molar-refractivity contribution >= 4 is 22.2 Å². The van der Waals surface area contributed by atoms with Gasteiger partial charge < -0.3 is 5.73 Å². The minimum Gasteiger partial charge on any atom is -0.325 e. The Morgan fingerprint density at radius 2 is 2.17 bits per heavy atom. The fraction of sp³-hybridized carbons (Fsp3) is 0.231. The van der Waals surface area contributed by atoms with Crippen LogP contribution in [0.5, 0.6) is 0 Å². The van der Waals surface area contributed by atoms with Crippen LogP contribution in [0.2, 0.25) is 0 Å². The molecule has 0 amide bonds. The summed E-state index contributed by atoms with van der Waals surface area (Å²) < 4.78 is 1.98. The number of nitrogens with two attached hydrogens (primary N) is 1. The van der Waals surface area contributed by atoms with Crippen molar-refractivity contribution < 1.29 is 0 Å². The number of nitrogens with zero attached hydrogens (tertiary/aromatic N) is 3. The van der Waals surface area contributed by atoms with Crippen LogP contribution in [0.3, 0.4) is 0 Å². The van der Waals surface area contributed by atoms with Gasteiger partial charge in [0.1, 0.15) is 5.01 Å². The molecule has 1 aromatic carbocycles. The molecule has 0 unspecified atom stereocenters. The van der Waals surface area contributed by atoms with Gasteiger partial charge in [-0.2, -0.15) is 5.10 Å². The van der Waals surface area contributed by atoms with Crippen LogP contribution in [0.15, 0.2) is 29.6 Å². The Morgan fingerprint density at radius 1 is 1.33 bits per heavy atom. The summed E-state index contributed by atoms with van der Waals surface area (Å²) in [4.78, 5) is 4.47. The van der Waals surface area contributed by atoms with Gasteiger partial charge in [-0.25, -0.2) is 4.98 Å². The molecule has 3 rings (SSSR count). The molecule has 2 heterocycles. The Kier molecular flexibility index (Phi) is 2.85. The first-order valence-electron chi connectivity index (χ1n) is 5.83. The van der Waals surface area contributed by atoms with Gasteiger partial charge >= 0.3 is 0 Å². The predicted molar refractivity (Wildman–Crippen MR) is 73.6 cm³/mol. The molecule has 0 aliphatic carbocycles. The van der Waals surface area contributed by atoms with E-state index in [1.807, 2.05) is 23.7 Å². The third-order valence-corrected chi connectivity index (χ3v) is 3.83. The summed E-state index contributed by atoms with van der Waals surface area (Å²) in [6.07, 6.45) is 0. The molecule has 0 saturated heterocycles. The Morgan fingerprint density at radius 3 is 2.89 bits per heavy atom. The van der Waals surface area contributed by atoms with E-state index in [1.165, 1.54) is 0 Å². The van der Waals surface area contributed by atoms with E-state index in [0.717, 1.165) is 27.3 Å². The highest BCUT2D eigenvalue weighted by Gasteiger charge is 2.10. The zero-order chi connectivity index (χ0) is 12.5. The zero-order valence-electron chi connectivity index (χ0n) is 10.1. The number of rotatable bonds is 3. The molecule has 5 heteroatoms. The van der Waals surface area contributed by atoms with Crippen LogP contribution in [0.1, 0.15) is 16.4 Å². The Hall–Kier alpha value is -1.72. The van der Waals surface area contributed by atoms with Gasteiger partial charge in [0.2, 0.25) is 0 Å². The molecule has 18 heavy (non-hydrogen) atoms. The fourth-order valence-corrected chi connectivity index (χ4v) is 2.82. The van der Waals surface area contributed by atoms with E-state index >= 15 is 0 Å². The fourth-order valence-electron chi connectivity index (χ4n) is 2.07. The number of thiazole rings is 1. The minimum absolute atomic E-state index is 0.463.